The summed E-state index contributed by atoms with van der Waals surface area (Å²) < 4.78 is 19.7. The highest BCUT2D eigenvalue weighted by Gasteiger charge is 2.42. The van der Waals surface area contributed by atoms with E-state index < -0.39 is 17.8 Å². The third-order valence-electron chi connectivity index (χ3n) is 5.20. The number of aliphatic imine (C=N–C) groups is 1. The summed E-state index contributed by atoms with van der Waals surface area (Å²) in [7, 11) is 1.55. The largest absolute Gasteiger partial charge is 0.463 e. The van der Waals surface area contributed by atoms with Crippen LogP contribution in [0, 0.1) is 5.82 Å². The van der Waals surface area contributed by atoms with Gasteiger partial charge in [-0.2, -0.15) is 0 Å². The molecule has 0 bridgehead atoms. The van der Waals surface area contributed by atoms with E-state index in [-0.39, 0.29) is 18.7 Å². The van der Waals surface area contributed by atoms with Gasteiger partial charge in [-0.25, -0.2) is 19.0 Å². The number of aromatic nitrogens is 1. The number of fused-ring (bicyclic) bond motifs is 1. The Morgan fingerprint density at radius 2 is 2.22 bits per heavy atom. The van der Waals surface area contributed by atoms with Crippen LogP contribution < -0.4 is 10.6 Å². The van der Waals surface area contributed by atoms with Crippen LogP contribution in [0.15, 0.2) is 50.5 Å². The molecule has 32 heavy (non-hydrogen) atoms. The van der Waals surface area contributed by atoms with Crippen LogP contribution in [0.3, 0.4) is 0 Å². The Bertz CT molecular complexity index is 1100. The minimum absolute atomic E-state index is 0.204. The molecule has 2 aromatic rings. The van der Waals surface area contributed by atoms with Gasteiger partial charge in [0.05, 0.1) is 18.2 Å². The number of nitrogens with zero attached hydrogens (tertiary/aromatic N) is 3. The summed E-state index contributed by atoms with van der Waals surface area (Å²) in [5.41, 5.74) is 1.73. The molecule has 0 unspecified atom stereocenters. The van der Waals surface area contributed by atoms with Crippen LogP contribution >= 0.6 is 27.3 Å². The quantitative estimate of drug-likeness (QED) is 0.588. The first kappa shape index (κ1) is 22.4. The van der Waals surface area contributed by atoms with Crippen LogP contribution in [0.1, 0.15) is 30.0 Å². The van der Waals surface area contributed by atoms with Crippen molar-refractivity contribution in [2.75, 3.05) is 20.2 Å². The molecule has 0 spiro atoms. The van der Waals surface area contributed by atoms with Gasteiger partial charge in [0.25, 0.3) is 0 Å². The molecule has 1 saturated heterocycles. The number of carbonyl (C=O) groups excluding carboxylic acids is 2. The van der Waals surface area contributed by atoms with Crippen LogP contribution in [0.2, 0.25) is 0 Å². The highest BCUT2D eigenvalue weighted by molar-refractivity contribution is 9.10. The molecule has 2 aliphatic heterocycles. The first-order chi connectivity index (χ1) is 15.4. The Hall–Kier alpha value is -2.79. The number of amides is 2. The average molecular weight is 522 g/mol. The van der Waals surface area contributed by atoms with Crippen molar-refractivity contribution in [1.29, 1.82) is 0 Å². The normalized spacial score (nSPS) is 20.0. The standard InChI is InChI=1S/C21H21BrFN5O3S/c1-3-31-20(29)16-15-9-12(26-21(30)24-2)10-28(15)18(19-25-6-7-32-19)27-17(16)13-5-4-11(23)8-14(13)22/h4-8,12,17H,3,9-10H2,1-2H3,(H2,24,26,30)/t12-,17-/m0/s1. The molecular weight excluding hydrogens is 501 g/mol. The number of nitrogens with one attached hydrogen (secondary N) is 2. The maximum absolute atomic E-state index is 13.8. The second-order valence-electron chi connectivity index (χ2n) is 7.17. The predicted octanol–water partition coefficient (Wildman–Crippen LogP) is 3.37. The lowest BCUT2D eigenvalue weighted by molar-refractivity contribution is -0.139. The van der Waals surface area contributed by atoms with Gasteiger partial charge < -0.3 is 20.3 Å². The fourth-order valence-electron chi connectivity index (χ4n) is 3.87. The average Bonchev–Trinajstić information content (AvgIpc) is 3.42. The Balaban J connectivity index is 1.86. The van der Waals surface area contributed by atoms with E-state index in [4.69, 9.17) is 9.73 Å². The lowest BCUT2D eigenvalue weighted by atomic mass is 9.94. The number of esters is 1. The number of ether oxygens (including phenoxy) is 1. The number of benzene rings is 1. The first-order valence-electron chi connectivity index (χ1n) is 10.0. The second kappa shape index (κ2) is 9.37. The number of halogens is 2. The SMILES string of the molecule is CCOC(=O)C1=C2C[C@H](NC(=O)NC)CN2C(c2nccs2)=N[C@H]1c1ccc(F)cc1Br. The van der Waals surface area contributed by atoms with E-state index in [0.717, 1.165) is 0 Å². The molecule has 2 aliphatic rings. The molecule has 0 aliphatic carbocycles. The van der Waals surface area contributed by atoms with Gasteiger partial charge in [0.2, 0.25) is 0 Å². The molecule has 2 amide bonds. The van der Waals surface area contributed by atoms with Crippen LogP contribution in [-0.4, -0.2) is 54.0 Å². The lowest BCUT2D eigenvalue weighted by Crippen LogP contribution is -2.43. The minimum Gasteiger partial charge on any atom is -0.463 e. The van der Waals surface area contributed by atoms with Crippen molar-refractivity contribution in [2.45, 2.75) is 25.4 Å². The zero-order chi connectivity index (χ0) is 22.8. The molecule has 1 fully saturated rings. The number of carbonyl (C=O) groups is 2. The topological polar surface area (TPSA) is 95.9 Å². The molecule has 168 valence electrons. The third-order valence-corrected chi connectivity index (χ3v) is 6.65. The summed E-state index contributed by atoms with van der Waals surface area (Å²) in [6, 6.07) is 3.03. The smallest absolute Gasteiger partial charge is 0.338 e. The number of urea groups is 1. The van der Waals surface area contributed by atoms with Gasteiger partial charge in [-0.1, -0.05) is 22.0 Å². The molecule has 4 rings (SSSR count). The fraction of sp³-hybridized carbons (Fsp3) is 0.333. The van der Waals surface area contributed by atoms with Crippen LogP contribution in [0.5, 0.6) is 0 Å². The van der Waals surface area contributed by atoms with E-state index in [9.17, 15) is 14.0 Å². The van der Waals surface area contributed by atoms with Crippen LogP contribution in [-0.2, 0) is 9.53 Å². The molecule has 3 heterocycles. The van der Waals surface area contributed by atoms with E-state index >= 15 is 0 Å². The summed E-state index contributed by atoms with van der Waals surface area (Å²) in [4.78, 5) is 36.3. The number of rotatable bonds is 5. The molecule has 1 aromatic carbocycles. The number of hydrogen-bond acceptors (Lipinski definition) is 7. The third kappa shape index (κ3) is 4.26. The zero-order valence-corrected chi connectivity index (χ0v) is 19.8. The van der Waals surface area contributed by atoms with Crippen molar-refractivity contribution in [1.82, 2.24) is 20.5 Å². The van der Waals surface area contributed by atoms with Crippen molar-refractivity contribution in [3.05, 3.63) is 61.9 Å². The zero-order valence-electron chi connectivity index (χ0n) is 17.4. The molecule has 2 N–H and O–H groups in total. The van der Waals surface area contributed by atoms with Gasteiger partial charge in [-0.3, -0.25) is 4.99 Å². The monoisotopic (exact) mass is 521 g/mol. The lowest BCUT2D eigenvalue weighted by Gasteiger charge is -2.31. The highest BCUT2D eigenvalue weighted by atomic mass is 79.9. The van der Waals surface area contributed by atoms with Crippen LogP contribution in [0.4, 0.5) is 9.18 Å². The predicted molar refractivity (Wildman–Crippen MR) is 122 cm³/mol. The Morgan fingerprint density at radius 1 is 1.41 bits per heavy atom. The Labute approximate surface area is 196 Å². The van der Waals surface area contributed by atoms with Crippen molar-refractivity contribution in [2.24, 2.45) is 4.99 Å². The van der Waals surface area contributed by atoms with Gasteiger partial charge in [0.15, 0.2) is 10.8 Å². The van der Waals surface area contributed by atoms with Gasteiger partial charge in [-0.05, 0) is 24.6 Å². The van der Waals surface area contributed by atoms with Gasteiger partial charge in [-0.15, -0.1) is 11.3 Å². The fourth-order valence-corrected chi connectivity index (χ4v) is 5.08. The summed E-state index contributed by atoms with van der Waals surface area (Å²) in [6.45, 7) is 2.37. The number of hydrogen-bond donors (Lipinski definition) is 2. The second-order valence-corrected chi connectivity index (χ2v) is 8.92. The summed E-state index contributed by atoms with van der Waals surface area (Å²) >= 11 is 4.85. The van der Waals surface area contributed by atoms with E-state index in [1.165, 1.54) is 23.5 Å². The minimum atomic E-state index is -0.715. The molecule has 0 radical (unpaired) electrons. The Kier molecular flexibility index (Phi) is 6.56. The molecule has 8 nitrogen and oxygen atoms in total. The summed E-state index contributed by atoms with van der Waals surface area (Å²) in [5, 5.41) is 8.00. The molecular formula is C21H21BrFN5O3S. The van der Waals surface area contributed by atoms with Crippen molar-refractivity contribution >= 4 is 45.1 Å². The van der Waals surface area contributed by atoms with Gasteiger partial charge in [0.1, 0.15) is 11.9 Å². The van der Waals surface area contributed by atoms with Crippen LogP contribution in [0.25, 0.3) is 0 Å². The molecule has 0 saturated carbocycles. The van der Waals surface area contributed by atoms with Gasteiger partial charge >= 0.3 is 12.0 Å². The molecule has 11 heteroatoms. The van der Waals surface area contributed by atoms with Crippen molar-refractivity contribution in [3.63, 3.8) is 0 Å². The van der Waals surface area contributed by atoms with Crippen molar-refractivity contribution in [3.8, 4) is 0 Å². The first-order valence-corrected chi connectivity index (χ1v) is 11.7. The van der Waals surface area contributed by atoms with E-state index in [1.54, 1.807) is 26.2 Å². The summed E-state index contributed by atoms with van der Waals surface area (Å²) in [5.74, 6) is -0.287. The summed E-state index contributed by atoms with van der Waals surface area (Å²) in [6.07, 6.45) is 2.10. The number of amidine groups is 1. The van der Waals surface area contributed by atoms with Crippen molar-refractivity contribution < 1.29 is 18.7 Å². The maximum Gasteiger partial charge on any atom is 0.338 e. The van der Waals surface area contributed by atoms with E-state index in [1.807, 2.05) is 10.3 Å². The number of thiazole rings is 1. The molecule has 1 aromatic heterocycles. The van der Waals surface area contributed by atoms with E-state index in [2.05, 4.69) is 31.5 Å². The highest BCUT2D eigenvalue weighted by Crippen LogP contribution is 2.42. The maximum atomic E-state index is 13.8. The Morgan fingerprint density at radius 3 is 2.88 bits per heavy atom. The van der Waals surface area contributed by atoms with E-state index in [0.29, 0.717) is 45.1 Å². The molecule has 2 atom stereocenters. The van der Waals surface area contributed by atoms with Gasteiger partial charge in [0, 0.05) is 41.8 Å².